The molecular weight excluding hydrogens is 557 g/mol. The first kappa shape index (κ1) is 29.0. The highest BCUT2D eigenvalue weighted by Crippen LogP contribution is 2.44. The van der Waals surface area contributed by atoms with Gasteiger partial charge in [0, 0.05) is 12.1 Å². The predicted octanol–water partition coefficient (Wildman–Crippen LogP) is 8.04. The van der Waals surface area contributed by atoms with Crippen molar-refractivity contribution in [1.82, 2.24) is 5.32 Å². The Balaban J connectivity index is 2.02. The van der Waals surface area contributed by atoms with Gasteiger partial charge in [-0.25, -0.2) is 0 Å². The van der Waals surface area contributed by atoms with Crippen LogP contribution < -0.4 is 10.1 Å². The van der Waals surface area contributed by atoms with Crippen molar-refractivity contribution in [3.8, 4) is 11.5 Å². The lowest BCUT2D eigenvalue weighted by molar-refractivity contribution is -0.289. The van der Waals surface area contributed by atoms with E-state index in [4.69, 9.17) is 27.9 Å². The summed E-state index contributed by atoms with van der Waals surface area (Å²) >= 11 is 12.1. The van der Waals surface area contributed by atoms with Crippen molar-refractivity contribution in [2.75, 3.05) is 6.54 Å². The van der Waals surface area contributed by atoms with Crippen LogP contribution in [0.25, 0.3) is 0 Å². The number of hydrogen-bond acceptors (Lipinski definition) is 3. The number of benzene rings is 3. The Morgan fingerprint density at radius 1 is 0.811 bits per heavy atom. The number of alkyl halides is 8. The topological polar surface area (TPSA) is 41.5 Å². The molecule has 0 aliphatic rings. The molecule has 0 spiro atoms. The van der Waals surface area contributed by atoms with Crippen LogP contribution in [0.2, 0.25) is 10.0 Å². The number of rotatable bonds is 8. The summed E-state index contributed by atoms with van der Waals surface area (Å²) < 4.78 is 111. The van der Waals surface area contributed by atoms with Crippen LogP contribution in [0, 0.1) is 0 Å². The first-order chi connectivity index (χ1) is 17.1. The van der Waals surface area contributed by atoms with E-state index >= 15 is 0 Å². The normalized spacial score (nSPS) is 14.4. The Kier molecular flexibility index (Phi) is 8.63. The van der Waals surface area contributed by atoms with Crippen molar-refractivity contribution in [3.05, 3.63) is 93.5 Å². The molecule has 37 heavy (non-hydrogen) atoms. The van der Waals surface area contributed by atoms with Crippen LogP contribution in [0.5, 0.6) is 11.5 Å². The fraction of sp³-hybridized carbons (Fsp3) is 0.250. The summed E-state index contributed by atoms with van der Waals surface area (Å²) in [5.74, 6) is -4.97. The van der Waals surface area contributed by atoms with Gasteiger partial charge in [0.15, 0.2) is 6.10 Å². The van der Waals surface area contributed by atoms with Gasteiger partial charge in [0.1, 0.15) is 16.5 Å². The van der Waals surface area contributed by atoms with Gasteiger partial charge in [0.2, 0.25) is 0 Å². The van der Waals surface area contributed by atoms with E-state index in [-0.39, 0.29) is 32.7 Å². The van der Waals surface area contributed by atoms with Gasteiger partial charge in [-0.1, -0.05) is 59.6 Å². The lowest BCUT2D eigenvalue weighted by Crippen LogP contribution is -2.40. The highest BCUT2D eigenvalue weighted by Gasteiger charge is 2.58. The smallest absolute Gasteiger partial charge is 0.456 e. The minimum absolute atomic E-state index is 0.0691. The highest BCUT2D eigenvalue weighted by atomic mass is 35.5. The number of halogens is 10. The van der Waals surface area contributed by atoms with Crippen molar-refractivity contribution in [2.24, 2.45) is 0 Å². The van der Waals surface area contributed by atoms with E-state index in [1.807, 2.05) is 0 Å². The second-order valence-corrected chi connectivity index (χ2v) is 8.61. The van der Waals surface area contributed by atoms with E-state index in [1.54, 1.807) is 6.07 Å². The highest BCUT2D eigenvalue weighted by molar-refractivity contribution is 6.42. The molecule has 0 aliphatic heterocycles. The molecule has 0 aromatic heterocycles. The van der Waals surface area contributed by atoms with Crippen molar-refractivity contribution in [2.45, 2.75) is 30.4 Å². The van der Waals surface area contributed by atoms with Gasteiger partial charge < -0.3 is 15.2 Å². The minimum atomic E-state index is -5.90. The molecule has 0 saturated heterocycles. The maximum absolute atomic E-state index is 14.0. The molecule has 0 heterocycles. The van der Waals surface area contributed by atoms with Gasteiger partial charge in [-0.05, 0) is 41.5 Å². The molecule has 1 unspecified atom stereocenters. The standard InChI is InChI=1S/C24H17Cl2F8NO2/c25-17-8-3-9-18(20(17)26)37-16-7-2-5-14(11-16)21(35-12-19(36)23(29,30)31)13-4-1-6-15(10-13)22(27,28)24(32,33)34/h1-11,19,21,35-36H,12H2/t19-,21?/m1/s1. The third kappa shape index (κ3) is 6.84. The average molecular weight is 574 g/mol. The summed E-state index contributed by atoms with van der Waals surface area (Å²) in [5.41, 5.74) is -1.48. The van der Waals surface area contributed by atoms with Crippen molar-refractivity contribution in [1.29, 1.82) is 0 Å². The van der Waals surface area contributed by atoms with E-state index < -0.39 is 42.5 Å². The maximum atomic E-state index is 14.0. The zero-order valence-corrected chi connectivity index (χ0v) is 19.9. The number of hydrogen-bond donors (Lipinski definition) is 2. The van der Waals surface area contributed by atoms with Crippen molar-refractivity contribution < 1.29 is 45.0 Å². The molecule has 0 aliphatic carbocycles. The Morgan fingerprint density at radius 2 is 1.41 bits per heavy atom. The summed E-state index contributed by atoms with van der Waals surface area (Å²) in [4.78, 5) is 0. The maximum Gasteiger partial charge on any atom is 0.458 e. The molecule has 200 valence electrons. The van der Waals surface area contributed by atoms with Crippen molar-refractivity contribution in [3.63, 3.8) is 0 Å². The zero-order valence-electron chi connectivity index (χ0n) is 18.3. The predicted molar refractivity (Wildman–Crippen MR) is 121 cm³/mol. The average Bonchev–Trinajstić information content (AvgIpc) is 2.81. The van der Waals surface area contributed by atoms with Gasteiger partial charge in [0.25, 0.3) is 0 Å². The van der Waals surface area contributed by atoms with Crippen LogP contribution in [0.15, 0.2) is 66.7 Å². The second kappa shape index (κ2) is 11.0. The fourth-order valence-electron chi connectivity index (χ4n) is 3.30. The molecule has 3 nitrogen and oxygen atoms in total. The lowest BCUT2D eigenvalue weighted by Gasteiger charge is -2.25. The molecule has 2 N–H and O–H groups in total. The molecule has 0 amide bonds. The first-order valence-corrected chi connectivity index (χ1v) is 11.1. The summed E-state index contributed by atoms with van der Waals surface area (Å²) in [5, 5.41) is 12.1. The van der Waals surface area contributed by atoms with Gasteiger partial charge in [-0.3, -0.25) is 0 Å². The number of ether oxygens (including phenoxy) is 1. The summed E-state index contributed by atoms with van der Waals surface area (Å²) in [6.07, 6.45) is -13.7. The molecule has 0 saturated carbocycles. The van der Waals surface area contributed by atoms with Crippen LogP contribution in [-0.4, -0.2) is 30.1 Å². The quantitative estimate of drug-likeness (QED) is 0.268. The van der Waals surface area contributed by atoms with Gasteiger partial charge in [0.05, 0.1) is 11.1 Å². The monoisotopic (exact) mass is 573 g/mol. The van der Waals surface area contributed by atoms with Gasteiger partial charge in [-0.2, -0.15) is 35.1 Å². The molecule has 3 aromatic carbocycles. The third-order valence-corrected chi connectivity index (χ3v) is 5.97. The number of aliphatic hydroxyl groups excluding tert-OH is 1. The van der Waals surface area contributed by atoms with Crippen LogP contribution in [0.1, 0.15) is 22.7 Å². The van der Waals surface area contributed by atoms with E-state index in [2.05, 4.69) is 5.32 Å². The molecular formula is C24H17Cl2F8NO2. The summed E-state index contributed by atoms with van der Waals surface area (Å²) in [6.45, 7) is -1.08. The van der Waals surface area contributed by atoms with Crippen molar-refractivity contribution >= 4 is 23.2 Å². The lowest BCUT2D eigenvalue weighted by atomic mass is 9.95. The van der Waals surface area contributed by atoms with E-state index in [0.717, 1.165) is 12.1 Å². The molecule has 0 fully saturated rings. The van der Waals surface area contributed by atoms with E-state index in [0.29, 0.717) is 12.1 Å². The van der Waals surface area contributed by atoms with Gasteiger partial charge >= 0.3 is 18.3 Å². The minimum Gasteiger partial charge on any atom is -0.456 e. The second-order valence-electron chi connectivity index (χ2n) is 7.82. The number of aliphatic hydroxyl groups is 1. The Bertz CT molecular complexity index is 1230. The SMILES string of the molecule is O[C@H](CNC(c1cccc(Oc2cccc(Cl)c2Cl)c1)c1cccc(C(F)(F)C(F)(F)F)c1)C(F)(F)F. The third-order valence-electron chi connectivity index (χ3n) is 5.17. The number of nitrogens with one attached hydrogen (secondary N) is 1. The largest absolute Gasteiger partial charge is 0.458 e. The van der Waals surface area contributed by atoms with Crippen LogP contribution >= 0.6 is 23.2 Å². The molecule has 0 bridgehead atoms. The molecule has 3 rings (SSSR count). The van der Waals surface area contributed by atoms with Crippen LogP contribution in [0.3, 0.4) is 0 Å². The molecule has 2 atom stereocenters. The Labute approximate surface area is 215 Å². The summed E-state index contributed by atoms with van der Waals surface area (Å²) in [7, 11) is 0. The fourth-order valence-corrected chi connectivity index (χ4v) is 3.63. The summed E-state index contributed by atoms with van der Waals surface area (Å²) in [6, 6.07) is 11.9. The van der Waals surface area contributed by atoms with Gasteiger partial charge in [-0.15, -0.1) is 0 Å². The molecule has 13 heteroatoms. The van der Waals surface area contributed by atoms with E-state index in [9.17, 15) is 40.2 Å². The Morgan fingerprint density at radius 3 is 2.03 bits per heavy atom. The first-order valence-electron chi connectivity index (χ1n) is 10.4. The van der Waals surface area contributed by atoms with Crippen LogP contribution in [0.4, 0.5) is 35.1 Å². The molecule has 0 radical (unpaired) electrons. The van der Waals surface area contributed by atoms with E-state index in [1.165, 1.54) is 36.4 Å². The van der Waals surface area contributed by atoms with Crippen LogP contribution in [-0.2, 0) is 5.92 Å². The molecule has 3 aromatic rings. The zero-order chi connectivity index (χ0) is 27.6. The Hall–Kier alpha value is -2.60.